The Labute approximate surface area is 266 Å². The number of carboxylic acid groups (broad SMARTS) is 2. The summed E-state index contributed by atoms with van der Waals surface area (Å²) in [4.78, 5) is 20.8. The van der Waals surface area contributed by atoms with E-state index < -0.39 is 11.9 Å². The summed E-state index contributed by atoms with van der Waals surface area (Å²) >= 11 is 0. The van der Waals surface area contributed by atoms with Crippen LogP contribution in [0.1, 0.15) is 199 Å². The van der Waals surface area contributed by atoms with Gasteiger partial charge in [-0.3, -0.25) is 0 Å². The number of carboxylic acids is 2. The van der Waals surface area contributed by atoms with Crippen LogP contribution in [0.4, 0.5) is 0 Å². The molecule has 0 aliphatic carbocycles. The normalized spacial score (nSPS) is 11.9. The first-order valence-electron chi connectivity index (χ1n) is 18.6. The van der Waals surface area contributed by atoms with Gasteiger partial charge in [0.1, 0.15) is 0 Å². The Morgan fingerprint density at radius 1 is 0.279 bits per heavy atom. The van der Waals surface area contributed by atoms with Crippen molar-refractivity contribution >= 4 is 11.9 Å². The molecule has 0 bridgehead atoms. The second-order valence-corrected chi connectivity index (χ2v) is 12.7. The summed E-state index contributed by atoms with van der Waals surface area (Å²) < 4.78 is 0. The molecule has 0 saturated heterocycles. The molecular formula is C39H70O4. The lowest BCUT2D eigenvalue weighted by Gasteiger charge is -2.04. The van der Waals surface area contributed by atoms with Gasteiger partial charge >= 0.3 is 11.9 Å². The van der Waals surface area contributed by atoms with Crippen LogP contribution in [-0.4, -0.2) is 22.2 Å². The highest BCUT2D eigenvalue weighted by molar-refractivity contribution is 5.79. The van der Waals surface area contributed by atoms with Gasteiger partial charge in [-0.25, -0.2) is 9.59 Å². The molecule has 4 nitrogen and oxygen atoms in total. The minimum atomic E-state index is -0.843. The van der Waals surface area contributed by atoms with Gasteiger partial charge in [0, 0.05) is 12.2 Å². The van der Waals surface area contributed by atoms with Gasteiger partial charge in [-0.15, -0.1) is 0 Å². The molecular weight excluding hydrogens is 532 g/mol. The number of rotatable bonds is 35. The Bertz CT molecular complexity index is 679. The Kier molecular flexibility index (Phi) is 34.8. The standard InChI is InChI=1S/C39H70O4/c40-38(41)36-34-32-30-28-26-24-22-20-18-16-14-12-10-8-6-4-2-1-3-5-7-9-11-13-15-17-19-21-23-25-27-29-31-33-35-37-39(42)43/h18,20,34-37H,1-17,19,21-33H2,(H,40,41)(H,42,43). The SMILES string of the molecule is O=C(O)C=CCCCCCCC=CCCCCCCCCCCCCCCCCCCCCCCCCCC=CC(=O)O. The van der Waals surface area contributed by atoms with Crippen molar-refractivity contribution in [3.63, 3.8) is 0 Å². The molecule has 0 aliphatic heterocycles. The maximum Gasteiger partial charge on any atom is 0.327 e. The molecule has 0 radical (unpaired) electrons. The van der Waals surface area contributed by atoms with Crippen molar-refractivity contribution in [3.8, 4) is 0 Å². The van der Waals surface area contributed by atoms with E-state index in [4.69, 9.17) is 10.2 Å². The smallest absolute Gasteiger partial charge is 0.327 e. The van der Waals surface area contributed by atoms with Gasteiger partial charge in [-0.05, 0) is 51.4 Å². The van der Waals surface area contributed by atoms with E-state index in [1.165, 1.54) is 186 Å². The average molecular weight is 603 g/mol. The third kappa shape index (κ3) is 40.2. The lowest BCUT2D eigenvalue weighted by molar-refractivity contribution is -0.132. The van der Waals surface area contributed by atoms with Crippen LogP contribution in [0.25, 0.3) is 0 Å². The Hall–Kier alpha value is -1.84. The molecule has 250 valence electrons. The van der Waals surface area contributed by atoms with Crippen molar-refractivity contribution in [3.05, 3.63) is 36.5 Å². The molecule has 0 unspecified atom stereocenters. The van der Waals surface area contributed by atoms with Gasteiger partial charge in [0.15, 0.2) is 0 Å². The zero-order chi connectivity index (χ0) is 31.3. The highest BCUT2D eigenvalue weighted by atomic mass is 16.4. The van der Waals surface area contributed by atoms with Crippen LogP contribution >= 0.6 is 0 Å². The van der Waals surface area contributed by atoms with E-state index in [2.05, 4.69) is 12.2 Å². The Balaban J connectivity index is 3.12. The van der Waals surface area contributed by atoms with E-state index in [0.717, 1.165) is 25.7 Å². The Morgan fingerprint density at radius 2 is 0.442 bits per heavy atom. The fourth-order valence-electron chi connectivity index (χ4n) is 5.72. The molecule has 0 rings (SSSR count). The number of carbonyl (C=O) groups is 2. The summed E-state index contributed by atoms with van der Waals surface area (Å²) in [6.07, 6.45) is 51.6. The van der Waals surface area contributed by atoms with Crippen LogP contribution in [0.3, 0.4) is 0 Å². The largest absolute Gasteiger partial charge is 0.478 e. The molecule has 0 saturated carbocycles. The summed E-state index contributed by atoms with van der Waals surface area (Å²) in [5.74, 6) is -1.68. The molecule has 0 spiro atoms. The van der Waals surface area contributed by atoms with Gasteiger partial charge in [-0.1, -0.05) is 172 Å². The maximum atomic E-state index is 10.4. The molecule has 0 heterocycles. The number of aliphatic carboxylic acids is 2. The van der Waals surface area contributed by atoms with Crippen LogP contribution in [0.2, 0.25) is 0 Å². The zero-order valence-corrected chi connectivity index (χ0v) is 28.1. The van der Waals surface area contributed by atoms with E-state index in [9.17, 15) is 9.59 Å². The van der Waals surface area contributed by atoms with Crippen LogP contribution in [-0.2, 0) is 9.59 Å². The molecule has 0 aliphatic rings. The van der Waals surface area contributed by atoms with Crippen molar-refractivity contribution in [2.24, 2.45) is 0 Å². The first-order chi connectivity index (χ1) is 21.1. The molecule has 0 aromatic carbocycles. The summed E-state index contributed by atoms with van der Waals surface area (Å²) in [6, 6.07) is 0. The highest BCUT2D eigenvalue weighted by Gasteiger charge is 1.96. The minimum absolute atomic E-state index is 0.835. The van der Waals surface area contributed by atoms with E-state index in [1.807, 2.05) is 0 Å². The summed E-state index contributed by atoms with van der Waals surface area (Å²) in [5, 5.41) is 17.1. The van der Waals surface area contributed by atoms with Crippen molar-refractivity contribution in [1.29, 1.82) is 0 Å². The fourth-order valence-corrected chi connectivity index (χ4v) is 5.72. The topological polar surface area (TPSA) is 74.6 Å². The number of unbranched alkanes of at least 4 members (excludes halogenated alkanes) is 29. The van der Waals surface area contributed by atoms with Crippen LogP contribution in [0.5, 0.6) is 0 Å². The van der Waals surface area contributed by atoms with Gasteiger partial charge < -0.3 is 10.2 Å². The zero-order valence-electron chi connectivity index (χ0n) is 28.1. The summed E-state index contributed by atoms with van der Waals surface area (Å²) in [5.41, 5.74) is 0. The molecule has 43 heavy (non-hydrogen) atoms. The van der Waals surface area contributed by atoms with Gasteiger partial charge in [-0.2, -0.15) is 0 Å². The average Bonchev–Trinajstić information content (AvgIpc) is 2.98. The molecule has 0 fully saturated rings. The highest BCUT2D eigenvalue weighted by Crippen LogP contribution is 2.16. The lowest BCUT2D eigenvalue weighted by Crippen LogP contribution is -1.86. The predicted molar refractivity (Wildman–Crippen MR) is 186 cm³/mol. The second-order valence-electron chi connectivity index (χ2n) is 12.7. The molecule has 0 aromatic heterocycles. The Morgan fingerprint density at radius 3 is 0.628 bits per heavy atom. The number of hydrogen-bond acceptors (Lipinski definition) is 2. The third-order valence-electron chi connectivity index (χ3n) is 8.42. The van der Waals surface area contributed by atoms with Gasteiger partial charge in [0.25, 0.3) is 0 Å². The number of allylic oxidation sites excluding steroid dienone is 4. The van der Waals surface area contributed by atoms with Gasteiger partial charge in [0.05, 0.1) is 0 Å². The molecule has 0 aromatic rings. The van der Waals surface area contributed by atoms with Gasteiger partial charge in [0.2, 0.25) is 0 Å². The molecule has 0 amide bonds. The van der Waals surface area contributed by atoms with Crippen LogP contribution < -0.4 is 0 Å². The van der Waals surface area contributed by atoms with E-state index in [-0.39, 0.29) is 0 Å². The molecule has 0 atom stereocenters. The van der Waals surface area contributed by atoms with Crippen molar-refractivity contribution < 1.29 is 19.8 Å². The predicted octanol–water partition coefficient (Wildman–Crippen LogP) is 12.9. The minimum Gasteiger partial charge on any atom is -0.478 e. The molecule has 4 heteroatoms. The monoisotopic (exact) mass is 603 g/mol. The van der Waals surface area contributed by atoms with E-state index in [1.54, 1.807) is 12.2 Å². The van der Waals surface area contributed by atoms with E-state index >= 15 is 0 Å². The maximum absolute atomic E-state index is 10.4. The summed E-state index contributed by atoms with van der Waals surface area (Å²) in [7, 11) is 0. The molecule has 2 N–H and O–H groups in total. The number of hydrogen-bond donors (Lipinski definition) is 2. The van der Waals surface area contributed by atoms with Crippen molar-refractivity contribution in [2.45, 2.75) is 199 Å². The first-order valence-corrected chi connectivity index (χ1v) is 18.6. The fraction of sp³-hybridized carbons (Fsp3) is 0.795. The van der Waals surface area contributed by atoms with Crippen molar-refractivity contribution in [1.82, 2.24) is 0 Å². The second kappa shape index (κ2) is 36.4. The first kappa shape index (κ1) is 41.2. The summed E-state index contributed by atoms with van der Waals surface area (Å²) in [6.45, 7) is 0. The van der Waals surface area contributed by atoms with Crippen molar-refractivity contribution in [2.75, 3.05) is 0 Å². The van der Waals surface area contributed by atoms with Crippen LogP contribution in [0, 0.1) is 0 Å². The van der Waals surface area contributed by atoms with Crippen LogP contribution in [0.15, 0.2) is 36.5 Å². The quantitative estimate of drug-likeness (QED) is 0.0430. The lowest BCUT2D eigenvalue weighted by atomic mass is 10.0. The third-order valence-corrected chi connectivity index (χ3v) is 8.42. The van der Waals surface area contributed by atoms with E-state index in [0.29, 0.717) is 0 Å².